The summed E-state index contributed by atoms with van der Waals surface area (Å²) >= 11 is 0. The van der Waals surface area contributed by atoms with E-state index in [9.17, 15) is 9.59 Å². The van der Waals surface area contributed by atoms with Crippen molar-refractivity contribution in [2.75, 3.05) is 6.54 Å². The minimum atomic E-state index is -0.846. The van der Waals surface area contributed by atoms with Crippen molar-refractivity contribution in [3.05, 3.63) is 35.4 Å². The lowest BCUT2D eigenvalue weighted by Gasteiger charge is -2.15. The van der Waals surface area contributed by atoms with Crippen molar-refractivity contribution < 1.29 is 14.7 Å². The highest BCUT2D eigenvalue weighted by molar-refractivity contribution is 5.85. The Morgan fingerprint density at radius 1 is 1.25 bits per heavy atom. The summed E-state index contributed by atoms with van der Waals surface area (Å²) in [7, 11) is 0. The van der Waals surface area contributed by atoms with E-state index in [1.165, 1.54) is 11.1 Å². The van der Waals surface area contributed by atoms with Gasteiger partial charge < -0.3 is 10.4 Å². The van der Waals surface area contributed by atoms with Crippen LogP contribution in [0.4, 0.5) is 0 Å². The van der Waals surface area contributed by atoms with Crippen LogP contribution in [0.25, 0.3) is 0 Å². The lowest BCUT2D eigenvalue weighted by molar-refractivity contribution is -0.146. The fraction of sp³-hybridized carbons (Fsp3) is 0.500. The summed E-state index contributed by atoms with van der Waals surface area (Å²) in [4.78, 5) is 23.1. The molecule has 1 amide bonds. The van der Waals surface area contributed by atoms with E-state index in [-0.39, 0.29) is 11.8 Å². The molecule has 1 aliphatic rings. The van der Waals surface area contributed by atoms with E-state index in [1.807, 2.05) is 12.1 Å². The molecular formula is C16H21NO3. The van der Waals surface area contributed by atoms with Gasteiger partial charge in [0.15, 0.2) is 0 Å². The van der Waals surface area contributed by atoms with Gasteiger partial charge in [0.1, 0.15) is 0 Å². The molecule has 0 heterocycles. The molecular weight excluding hydrogens is 254 g/mol. The molecule has 2 rings (SSSR count). The first-order valence-corrected chi connectivity index (χ1v) is 7.14. The minimum Gasteiger partial charge on any atom is -0.481 e. The largest absolute Gasteiger partial charge is 0.481 e. The highest BCUT2D eigenvalue weighted by Crippen LogP contribution is 2.31. The summed E-state index contributed by atoms with van der Waals surface area (Å²) in [5, 5.41) is 12.0. The van der Waals surface area contributed by atoms with Crippen molar-refractivity contribution in [2.45, 2.75) is 32.6 Å². The summed E-state index contributed by atoms with van der Waals surface area (Å²) in [5.41, 5.74) is 2.43. The van der Waals surface area contributed by atoms with Crippen LogP contribution in [0.5, 0.6) is 0 Å². The number of hydrogen-bond acceptors (Lipinski definition) is 2. The number of rotatable bonds is 5. The van der Waals surface area contributed by atoms with Gasteiger partial charge in [0.25, 0.3) is 0 Å². The van der Waals surface area contributed by atoms with Crippen LogP contribution in [-0.2, 0) is 16.0 Å². The molecule has 2 unspecified atom stereocenters. The van der Waals surface area contributed by atoms with E-state index in [1.54, 1.807) is 0 Å². The highest BCUT2D eigenvalue weighted by Gasteiger charge is 2.37. The Hall–Kier alpha value is -1.84. The summed E-state index contributed by atoms with van der Waals surface area (Å²) in [6.45, 7) is 2.61. The Balaban J connectivity index is 1.84. The maximum absolute atomic E-state index is 12.1. The maximum Gasteiger partial charge on any atom is 0.307 e. The average molecular weight is 275 g/mol. The molecule has 0 bridgehead atoms. The highest BCUT2D eigenvalue weighted by atomic mass is 16.4. The van der Waals surface area contributed by atoms with Crippen molar-refractivity contribution >= 4 is 11.9 Å². The lowest BCUT2D eigenvalue weighted by atomic mass is 9.95. The van der Waals surface area contributed by atoms with Crippen molar-refractivity contribution in [3.8, 4) is 0 Å². The summed E-state index contributed by atoms with van der Waals surface area (Å²) in [5.74, 6) is -1.82. The Kier molecular flexibility index (Phi) is 4.77. The van der Waals surface area contributed by atoms with Crippen LogP contribution in [0.1, 0.15) is 30.4 Å². The Labute approximate surface area is 119 Å². The van der Waals surface area contributed by atoms with Crippen LogP contribution in [-0.4, -0.2) is 23.5 Å². The Bertz CT molecular complexity index is 498. The number of nitrogens with one attached hydrogen (secondary N) is 1. The van der Waals surface area contributed by atoms with Crippen LogP contribution in [0.2, 0.25) is 0 Å². The summed E-state index contributed by atoms with van der Waals surface area (Å²) < 4.78 is 0. The molecule has 1 aromatic rings. The number of benzene rings is 1. The fourth-order valence-electron chi connectivity index (χ4n) is 2.91. The number of hydrogen-bond donors (Lipinski definition) is 2. The third-order valence-corrected chi connectivity index (χ3v) is 4.12. The van der Waals surface area contributed by atoms with Gasteiger partial charge in [0, 0.05) is 6.54 Å². The molecule has 1 fully saturated rings. The van der Waals surface area contributed by atoms with Crippen LogP contribution in [0.3, 0.4) is 0 Å². The van der Waals surface area contributed by atoms with Crippen LogP contribution < -0.4 is 5.32 Å². The molecule has 1 aromatic carbocycles. The lowest BCUT2D eigenvalue weighted by Crippen LogP contribution is -2.36. The standard InChI is InChI=1S/C16H21NO3/c1-11-5-2-3-6-12(11)9-10-17-15(18)13-7-4-8-14(13)16(19)20/h2-3,5-6,13-14H,4,7-10H2,1H3,(H,17,18)(H,19,20). The molecule has 2 atom stereocenters. The van der Waals surface area contributed by atoms with Crippen molar-refractivity contribution in [2.24, 2.45) is 11.8 Å². The van der Waals surface area contributed by atoms with Gasteiger partial charge in [-0.15, -0.1) is 0 Å². The molecule has 0 aliphatic heterocycles. The van der Waals surface area contributed by atoms with Crippen molar-refractivity contribution in [1.29, 1.82) is 0 Å². The van der Waals surface area contributed by atoms with Gasteiger partial charge in [0.2, 0.25) is 5.91 Å². The molecule has 20 heavy (non-hydrogen) atoms. The van der Waals surface area contributed by atoms with E-state index >= 15 is 0 Å². The first-order valence-electron chi connectivity index (χ1n) is 7.14. The topological polar surface area (TPSA) is 66.4 Å². The van der Waals surface area contributed by atoms with Crippen LogP contribution >= 0.6 is 0 Å². The monoisotopic (exact) mass is 275 g/mol. The quantitative estimate of drug-likeness (QED) is 0.865. The normalized spacial score (nSPS) is 21.6. The summed E-state index contributed by atoms with van der Waals surface area (Å²) in [6.07, 6.45) is 2.91. The minimum absolute atomic E-state index is 0.108. The van der Waals surface area contributed by atoms with Crippen LogP contribution in [0, 0.1) is 18.8 Å². The Morgan fingerprint density at radius 3 is 2.65 bits per heavy atom. The zero-order valence-electron chi connectivity index (χ0n) is 11.8. The van der Waals surface area contributed by atoms with Gasteiger partial charge in [-0.1, -0.05) is 30.7 Å². The molecule has 1 aliphatic carbocycles. The van der Waals surface area contributed by atoms with Gasteiger partial charge in [-0.3, -0.25) is 9.59 Å². The predicted octanol–water partition coefficient (Wildman–Crippen LogP) is 2.15. The molecule has 4 heteroatoms. The second-order valence-corrected chi connectivity index (χ2v) is 5.45. The number of carbonyl (C=O) groups excluding carboxylic acids is 1. The van der Waals surface area contributed by atoms with Crippen molar-refractivity contribution in [1.82, 2.24) is 5.32 Å². The first-order chi connectivity index (χ1) is 9.59. The molecule has 1 saturated carbocycles. The zero-order chi connectivity index (χ0) is 14.5. The van der Waals surface area contributed by atoms with Gasteiger partial charge in [0.05, 0.1) is 11.8 Å². The predicted molar refractivity (Wildman–Crippen MR) is 76.4 cm³/mol. The number of carboxylic acid groups (broad SMARTS) is 1. The number of carboxylic acids is 1. The number of aryl methyl sites for hydroxylation is 1. The smallest absolute Gasteiger partial charge is 0.307 e. The molecule has 108 valence electrons. The maximum atomic E-state index is 12.1. The molecule has 0 saturated heterocycles. The van der Waals surface area contributed by atoms with E-state index < -0.39 is 11.9 Å². The summed E-state index contributed by atoms with van der Waals surface area (Å²) in [6, 6.07) is 8.08. The Morgan fingerprint density at radius 2 is 1.95 bits per heavy atom. The van der Waals surface area contributed by atoms with Gasteiger partial charge in [-0.05, 0) is 37.3 Å². The molecule has 0 aromatic heterocycles. The molecule has 4 nitrogen and oxygen atoms in total. The number of aliphatic carboxylic acids is 1. The van der Waals surface area contributed by atoms with Crippen LogP contribution in [0.15, 0.2) is 24.3 Å². The number of carbonyl (C=O) groups is 2. The van der Waals surface area contributed by atoms with Gasteiger partial charge in [-0.2, -0.15) is 0 Å². The van der Waals surface area contributed by atoms with E-state index in [0.717, 1.165) is 12.8 Å². The number of amides is 1. The SMILES string of the molecule is Cc1ccccc1CCNC(=O)C1CCCC1C(=O)O. The molecule has 0 spiro atoms. The van der Waals surface area contributed by atoms with Crippen molar-refractivity contribution in [3.63, 3.8) is 0 Å². The first kappa shape index (κ1) is 14.6. The van der Waals surface area contributed by atoms with Gasteiger partial charge in [-0.25, -0.2) is 0 Å². The van der Waals surface area contributed by atoms with E-state index in [2.05, 4.69) is 24.4 Å². The second kappa shape index (κ2) is 6.55. The third-order valence-electron chi connectivity index (χ3n) is 4.12. The van der Waals surface area contributed by atoms with E-state index in [4.69, 9.17) is 5.11 Å². The molecule has 2 N–H and O–H groups in total. The molecule has 0 radical (unpaired) electrons. The van der Waals surface area contributed by atoms with Gasteiger partial charge >= 0.3 is 5.97 Å². The third kappa shape index (κ3) is 3.38. The van der Waals surface area contributed by atoms with E-state index in [0.29, 0.717) is 19.4 Å². The fourth-order valence-corrected chi connectivity index (χ4v) is 2.91. The average Bonchev–Trinajstić information content (AvgIpc) is 2.90. The zero-order valence-corrected chi connectivity index (χ0v) is 11.8. The second-order valence-electron chi connectivity index (χ2n) is 5.45.